The number of allylic oxidation sites excluding steroid dienone is 1. The van der Waals surface area contributed by atoms with Crippen LogP contribution < -0.4 is 4.90 Å². The van der Waals surface area contributed by atoms with Crippen LogP contribution in [0.25, 0.3) is 0 Å². The summed E-state index contributed by atoms with van der Waals surface area (Å²) in [5, 5.41) is 0. The summed E-state index contributed by atoms with van der Waals surface area (Å²) in [6, 6.07) is 6.59. The Labute approximate surface area is 187 Å². The molecule has 0 aromatic heterocycles. The molecule has 4 heteroatoms. The molecule has 0 N–H and O–H groups in total. The van der Waals surface area contributed by atoms with Crippen molar-refractivity contribution < 1.29 is 9.53 Å². The maximum atomic E-state index is 12.9. The molecule has 2 aliphatic heterocycles. The molecule has 2 saturated carbocycles. The molecule has 4 fully saturated rings. The maximum Gasteiger partial charge on any atom is 0.310 e. The first-order chi connectivity index (χ1) is 14.9. The van der Waals surface area contributed by atoms with Crippen LogP contribution in [0.4, 0.5) is 5.69 Å². The number of rotatable bonds is 3. The van der Waals surface area contributed by atoms with E-state index in [2.05, 4.69) is 55.3 Å². The van der Waals surface area contributed by atoms with Crippen LogP contribution in [0.5, 0.6) is 0 Å². The molecular weight excluding hydrogens is 384 g/mol. The standard InChI is InChI=1S/C27H38N2O2/c1-18-7-5-9-24(20(18)3)29-13-11-28(12-14-29)17-22-21-15-23-19(2)8-6-10-27(23,4)16-25(21)31-26(22)30/h5,7,9,21-23,25H,2,6,8,10-17H2,1,3-4H3/t21-,22?,23?,25-,27?/m1/s1. The van der Waals surface area contributed by atoms with Crippen LogP contribution in [0.2, 0.25) is 0 Å². The molecular formula is C27H38N2O2. The third-order valence-electron chi connectivity index (χ3n) is 9.06. The smallest absolute Gasteiger partial charge is 0.310 e. The van der Waals surface area contributed by atoms with Crippen molar-refractivity contribution >= 4 is 11.7 Å². The summed E-state index contributed by atoms with van der Waals surface area (Å²) in [6.07, 6.45) is 5.91. The van der Waals surface area contributed by atoms with Crippen LogP contribution in [0, 0.1) is 37.0 Å². The molecule has 5 rings (SSSR count). The molecule has 4 aliphatic rings. The van der Waals surface area contributed by atoms with E-state index in [1.807, 2.05) is 0 Å². The highest BCUT2D eigenvalue weighted by atomic mass is 16.6. The summed E-state index contributed by atoms with van der Waals surface area (Å²) in [4.78, 5) is 17.9. The number of nitrogens with zero attached hydrogens (tertiary/aromatic N) is 2. The second kappa shape index (κ2) is 7.95. The molecule has 168 valence electrons. The van der Waals surface area contributed by atoms with E-state index in [1.54, 1.807) is 0 Å². The molecule has 4 nitrogen and oxygen atoms in total. The van der Waals surface area contributed by atoms with Crippen molar-refractivity contribution in [2.24, 2.45) is 23.2 Å². The lowest BCUT2D eigenvalue weighted by molar-refractivity contribution is -0.146. The van der Waals surface area contributed by atoms with Crippen LogP contribution in [0.3, 0.4) is 0 Å². The zero-order valence-electron chi connectivity index (χ0n) is 19.5. The number of aryl methyl sites for hydroxylation is 1. The first kappa shape index (κ1) is 21.1. The average molecular weight is 423 g/mol. The first-order valence-electron chi connectivity index (χ1n) is 12.3. The van der Waals surface area contributed by atoms with Gasteiger partial charge in [0.15, 0.2) is 0 Å². The van der Waals surface area contributed by atoms with Gasteiger partial charge in [0, 0.05) is 44.3 Å². The molecule has 31 heavy (non-hydrogen) atoms. The summed E-state index contributed by atoms with van der Waals surface area (Å²) in [5.41, 5.74) is 5.81. The van der Waals surface area contributed by atoms with Gasteiger partial charge in [-0.25, -0.2) is 0 Å². The fourth-order valence-electron chi connectivity index (χ4n) is 6.99. The lowest BCUT2D eigenvalue weighted by atomic mass is 9.55. The molecule has 5 atom stereocenters. The molecule has 0 amide bonds. The average Bonchev–Trinajstić information content (AvgIpc) is 3.03. The Hall–Kier alpha value is -1.81. The Kier molecular flexibility index (Phi) is 5.40. The third-order valence-corrected chi connectivity index (χ3v) is 9.06. The predicted molar refractivity (Wildman–Crippen MR) is 125 cm³/mol. The Morgan fingerprint density at radius 3 is 2.74 bits per heavy atom. The minimum Gasteiger partial charge on any atom is -0.462 e. The Morgan fingerprint density at radius 1 is 1.19 bits per heavy atom. The first-order valence-corrected chi connectivity index (χ1v) is 12.3. The summed E-state index contributed by atoms with van der Waals surface area (Å²) >= 11 is 0. The van der Waals surface area contributed by atoms with Gasteiger partial charge in [0.1, 0.15) is 6.10 Å². The van der Waals surface area contributed by atoms with Gasteiger partial charge >= 0.3 is 5.97 Å². The highest BCUT2D eigenvalue weighted by Crippen LogP contribution is 2.56. The lowest BCUT2D eigenvalue weighted by Crippen LogP contribution is -2.50. The molecule has 0 radical (unpaired) electrons. The van der Waals surface area contributed by atoms with Crippen LogP contribution in [0.15, 0.2) is 30.4 Å². The fourth-order valence-corrected chi connectivity index (χ4v) is 6.99. The Bertz CT molecular complexity index is 872. The minimum atomic E-state index is 0.0385. The number of hydrogen-bond acceptors (Lipinski definition) is 4. The number of piperazine rings is 1. The number of fused-ring (bicyclic) bond motifs is 2. The SMILES string of the molecule is C=C1CCCC2(C)C[C@H]3OC(=O)C(CN4CCN(c5cccc(C)c5C)CC4)[C@H]3CC12. The van der Waals surface area contributed by atoms with Gasteiger partial charge in [-0.15, -0.1) is 0 Å². The minimum absolute atomic E-state index is 0.0385. The molecule has 2 aliphatic carbocycles. The number of esters is 1. The number of benzene rings is 1. The second-order valence-corrected chi connectivity index (χ2v) is 10.9. The summed E-state index contributed by atoms with van der Waals surface area (Å²) in [7, 11) is 0. The van der Waals surface area contributed by atoms with E-state index < -0.39 is 0 Å². The molecule has 1 aromatic rings. The maximum absolute atomic E-state index is 12.9. The zero-order chi connectivity index (χ0) is 21.8. The summed E-state index contributed by atoms with van der Waals surface area (Å²) < 4.78 is 5.98. The molecule has 2 heterocycles. The van der Waals surface area contributed by atoms with Crippen molar-refractivity contribution in [3.05, 3.63) is 41.5 Å². The largest absolute Gasteiger partial charge is 0.462 e. The van der Waals surface area contributed by atoms with Crippen LogP contribution in [-0.2, 0) is 9.53 Å². The van der Waals surface area contributed by atoms with Gasteiger partial charge in [0.2, 0.25) is 0 Å². The van der Waals surface area contributed by atoms with Crippen molar-refractivity contribution in [1.82, 2.24) is 4.90 Å². The van der Waals surface area contributed by atoms with Gasteiger partial charge in [0.05, 0.1) is 5.92 Å². The number of anilines is 1. The highest BCUT2D eigenvalue weighted by molar-refractivity contribution is 5.75. The quantitative estimate of drug-likeness (QED) is 0.520. The fraction of sp³-hybridized carbons (Fsp3) is 0.667. The Balaban J connectivity index is 1.23. The van der Waals surface area contributed by atoms with Crippen LogP contribution >= 0.6 is 0 Å². The van der Waals surface area contributed by atoms with E-state index in [0.29, 0.717) is 11.8 Å². The van der Waals surface area contributed by atoms with Crippen LogP contribution in [-0.4, -0.2) is 49.7 Å². The molecule has 2 saturated heterocycles. The summed E-state index contributed by atoms with van der Waals surface area (Å²) in [5.74, 6) is 1.04. The molecule has 3 unspecified atom stereocenters. The molecule has 0 bridgehead atoms. The summed E-state index contributed by atoms with van der Waals surface area (Å²) in [6.45, 7) is 16.2. The van der Waals surface area contributed by atoms with Crippen molar-refractivity contribution in [3.8, 4) is 0 Å². The van der Waals surface area contributed by atoms with Gasteiger partial charge in [-0.3, -0.25) is 9.69 Å². The lowest BCUT2D eigenvalue weighted by Gasteiger charge is -2.50. The van der Waals surface area contributed by atoms with E-state index in [9.17, 15) is 4.79 Å². The highest BCUT2D eigenvalue weighted by Gasteiger charge is 2.55. The monoisotopic (exact) mass is 422 g/mol. The number of carbonyl (C=O) groups is 1. The van der Waals surface area contributed by atoms with Gasteiger partial charge in [-0.05, 0) is 74.5 Å². The number of hydrogen-bond donors (Lipinski definition) is 0. The topological polar surface area (TPSA) is 32.8 Å². The van der Waals surface area contributed by atoms with E-state index in [4.69, 9.17) is 4.74 Å². The number of carbonyl (C=O) groups excluding carboxylic acids is 1. The van der Waals surface area contributed by atoms with Crippen molar-refractivity contribution in [3.63, 3.8) is 0 Å². The van der Waals surface area contributed by atoms with Gasteiger partial charge in [0.25, 0.3) is 0 Å². The van der Waals surface area contributed by atoms with Crippen molar-refractivity contribution in [2.45, 2.75) is 59.0 Å². The molecule has 1 aromatic carbocycles. The van der Waals surface area contributed by atoms with Gasteiger partial charge in [-0.2, -0.15) is 0 Å². The zero-order valence-corrected chi connectivity index (χ0v) is 19.5. The van der Waals surface area contributed by atoms with Crippen LogP contribution in [0.1, 0.15) is 50.2 Å². The second-order valence-electron chi connectivity index (χ2n) is 10.9. The Morgan fingerprint density at radius 2 is 1.97 bits per heavy atom. The van der Waals surface area contributed by atoms with E-state index >= 15 is 0 Å². The van der Waals surface area contributed by atoms with E-state index in [0.717, 1.165) is 52.0 Å². The van der Waals surface area contributed by atoms with E-state index in [1.165, 1.54) is 35.2 Å². The molecule has 0 spiro atoms. The van der Waals surface area contributed by atoms with Crippen molar-refractivity contribution in [2.75, 3.05) is 37.6 Å². The normalized spacial score (nSPS) is 36.2. The van der Waals surface area contributed by atoms with Crippen molar-refractivity contribution in [1.29, 1.82) is 0 Å². The third kappa shape index (κ3) is 3.71. The van der Waals surface area contributed by atoms with Gasteiger partial charge < -0.3 is 9.64 Å². The van der Waals surface area contributed by atoms with E-state index in [-0.39, 0.29) is 23.4 Å². The van der Waals surface area contributed by atoms with Gasteiger partial charge in [-0.1, -0.05) is 31.2 Å². The number of ether oxygens (including phenoxy) is 1. The predicted octanol–water partition coefficient (Wildman–Crippen LogP) is 4.74.